The first-order chi connectivity index (χ1) is 15.6. The predicted molar refractivity (Wildman–Crippen MR) is 127 cm³/mol. The van der Waals surface area contributed by atoms with Crippen molar-refractivity contribution < 1.29 is 9.59 Å². The molecule has 3 aromatic heterocycles. The normalized spacial score (nSPS) is 14.6. The summed E-state index contributed by atoms with van der Waals surface area (Å²) in [5.41, 5.74) is 3.69. The molecule has 0 atom stereocenters. The Hall–Kier alpha value is -2.88. The third-order valence-electron chi connectivity index (χ3n) is 5.52. The van der Waals surface area contributed by atoms with Gasteiger partial charge in [0.15, 0.2) is 0 Å². The molecule has 4 heterocycles. The average Bonchev–Trinajstić information content (AvgIpc) is 3.49. The van der Waals surface area contributed by atoms with Gasteiger partial charge in [0.05, 0.1) is 26.0 Å². The Kier molecular flexibility index (Phi) is 5.86. The number of fused-ring (bicyclic) bond motifs is 1. The van der Waals surface area contributed by atoms with Crippen molar-refractivity contribution in [3.63, 3.8) is 0 Å². The fraction of sp³-hybridized carbons (Fsp3) is 0.227. The molecule has 10 heteroatoms. The van der Waals surface area contributed by atoms with Crippen LogP contribution in [0.25, 0.3) is 21.5 Å². The highest BCUT2D eigenvalue weighted by molar-refractivity contribution is 7.19. The molecule has 32 heavy (non-hydrogen) atoms. The zero-order valence-corrected chi connectivity index (χ0v) is 19.2. The highest BCUT2D eigenvalue weighted by Gasteiger charge is 2.29. The standard InChI is InChI=1S/C22H18ClN5O2S2/c23-19-6-5-18(32-19)17-11-15(14-3-1-2-4-16(14)25-17)21(30)28-9-7-13(8-10-28)20(29)26-22-27-24-12-31-22/h1-6,11-13H,7-10H2,(H,26,27,29). The zero-order chi connectivity index (χ0) is 22.1. The molecule has 0 saturated carbocycles. The number of hydrogen-bond acceptors (Lipinski definition) is 7. The van der Waals surface area contributed by atoms with Crippen LogP contribution in [0.3, 0.4) is 0 Å². The number of nitrogens with one attached hydrogen (secondary N) is 1. The van der Waals surface area contributed by atoms with Gasteiger partial charge in [-0.1, -0.05) is 41.1 Å². The number of rotatable bonds is 4. The molecular formula is C22H18ClN5O2S2. The SMILES string of the molecule is O=C(Nc1nncs1)C1CCN(C(=O)c2cc(-c3ccc(Cl)s3)nc3ccccc23)CC1. The van der Waals surface area contributed by atoms with Crippen molar-refractivity contribution in [2.45, 2.75) is 12.8 Å². The van der Waals surface area contributed by atoms with Crippen molar-refractivity contribution in [1.82, 2.24) is 20.1 Å². The molecule has 1 aliphatic rings. The molecule has 1 fully saturated rings. The smallest absolute Gasteiger partial charge is 0.254 e. The molecule has 2 amide bonds. The van der Waals surface area contributed by atoms with Crippen LogP contribution in [0.1, 0.15) is 23.2 Å². The Labute approximate surface area is 197 Å². The minimum Gasteiger partial charge on any atom is -0.339 e. The molecule has 1 aromatic carbocycles. The third kappa shape index (κ3) is 4.23. The summed E-state index contributed by atoms with van der Waals surface area (Å²) in [5.74, 6) is -0.267. The Morgan fingerprint density at radius 3 is 2.66 bits per heavy atom. The highest BCUT2D eigenvalue weighted by atomic mass is 35.5. The number of aromatic nitrogens is 3. The lowest BCUT2D eigenvalue weighted by Crippen LogP contribution is -2.41. The summed E-state index contributed by atoms with van der Waals surface area (Å²) in [7, 11) is 0. The number of nitrogens with zero attached hydrogens (tertiary/aromatic N) is 4. The summed E-state index contributed by atoms with van der Waals surface area (Å²) in [6.45, 7) is 1.04. The molecule has 1 N–H and O–H groups in total. The van der Waals surface area contributed by atoms with E-state index < -0.39 is 0 Å². The van der Waals surface area contributed by atoms with Gasteiger partial charge in [-0.2, -0.15) is 0 Å². The molecule has 5 rings (SSSR count). The van der Waals surface area contributed by atoms with Gasteiger partial charge in [-0.15, -0.1) is 21.5 Å². The molecule has 7 nitrogen and oxygen atoms in total. The first-order valence-corrected chi connectivity index (χ1v) is 12.2. The maximum absolute atomic E-state index is 13.5. The molecule has 162 valence electrons. The first-order valence-electron chi connectivity index (χ1n) is 10.1. The molecule has 0 radical (unpaired) electrons. The van der Waals surface area contributed by atoms with E-state index in [9.17, 15) is 9.59 Å². The van der Waals surface area contributed by atoms with Crippen LogP contribution in [-0.2, 0) is 4.79 Å². The van der Waals surface area contributed by atoms with Crippen LogP contribution in [0.4, 0.5) is 5.13 Å². The third-order valence-corrected chi connectivity index (χ3v) is 7.38. The van der Waals surface area contributed by atoms with Gasteiger partial charge in [-0.05, 0) is 37.1 Å². The minimum atomic E-state index is -0.152. The summed E-state index contributed by atoms with van der Waals surface area (Å²) in [6.07, 6.45) is 1.21. The topological polar surface area (TPSA) is 88.1 Å². The number of carbonyl (C=O) groups excluding carboxylic acids is 2. The van der Waals surface area contributed by atoms with Crippen molar-refractivity contribution in [2.75, 3.05) is 18.4 Å². The Morgan fingerprint density at radius 2 is 1.94 bits per heavy atom. The van der Waals surface area contributed by atoms with E-state index in [0.29, 0.717) is 41.0 Å². The molecule has 4 aromatic rings. The van der Waals surface area contributed by atoms with Crippen LogP contribution < -0.4 is 5.32 Å². The maximum Gasteiger partial charge on any atom is 0.254 e. The number of carbonyl (C=O) groups is 2. The number of anilines is 1. The fourth-order valence-electron chi connectivity index (χ4n) is 3.88. The van der Waals surface area contributed by atoms with Crippen LogP contribution in [0.5, 0.6) is 0 Å². The average molecular weight is 484 g/mol. The lowest BCUT2D eigenvalue weighted by Gasteiger charge is -2.31. The second-order valence-corrected chi connectivity index (χ2v) is 10.0. The largest absolute Gasteiger partial charge is 0.339 e. The van der Waals surface area contributed by atoms with Crippen LogP contribution in [0.15, 0.2) is 48.0 Å². The van der Waals surface area contributed by atoms with Gasteiger partial charge in [-0.3, -0.25) is 9.59 Å². The second kappa shape index (κ2) is 8.93. The van der Waals surface area contributed by atoms with Crippen LogP contribution in [-0.4, -0.2) is 45.0 Å². The van der Waals surface area contributed by atoms with E-state index >= 15 is 0 Å². The minimum absolute atomic E-state index is 0.0458. The van der Waals surface area contributed by atoms with E-state index in [1.165, 1.54) is 22.7 Å². The Bertz CT molecular complexity index is 1280. The van der Waals surface area contributed by atoms with E-state index in [2.05, 4.69) is 15.5 Å². The number of piperidine rings is 1. The predicted octanol–water partition coefficient (Wildman–Crippen LogP) is 4.96. The number of hydrogen-bond donors (Lipinski definition) is 1. The number of pyridine rings is 1. The number of thiophene rings is 1. The monoisotopic (exact) mass is 483 g/mol. The number of likely N-dealkylation sites (tertiary alicyclic amines) is 1. The number of para-hydroxylation sites is 1. The van der Waals surface area contributed by atoms with Gasteiger partial charge in [0.25, 0.3) is 5.91 Å². The summed E-state index contributed by atoms with van der Waals surface area (Å²) < 4.78 is 0.678. The second-order valence-electron chi connectivity index (χ2n) is 7.48. The van der Waals surface area contributed by atoms with E-state index in [-0.39, 0.29) is 17.7 Å². The van der Waals surface area contributed by atoms with Gasteiger partial charge >= 0.3 is 0 Å². The summed E-state index contributed by atoms with van der Waals surface area (Å²) in [6, 6.07) is 13.3. The van der Waals surface area contributed by atoms with Gasteiger partial charge in [0, 0.05) is 24.4 Å². The first kappa shape index (κ1) is 21.0. The lowest BCUT2D eigenvalue weighted by molar-refractivity contribution is -0.121. The number of benzene rings is 1. The van der Waals surface area contributed by atoms with Crippen LogP contribution in [0.2, 0.25) is 4.34 Å². The van der Waals surface area contributed by atoms with E-state index in [0.717, 1.165) is 21.5 Å². The summed E-state index contributed by atoms with van der Waals surface area (Å²) in [5, 5.41) is 11.7. The number of amides is 2. The van der Waals surface area contributed by atoms with Gasteiger partial charge in [-0.25, -0.2) is 4.98 Å². The summed E-state index contributed by atoms with van der Waals surface area (Å²) >= 11 is 8.84. The van der Waals surface area contributed by atoms with E-state index in [4.69, 9.17) is 16.6 Å². The van der Waals surface area contributed by atoms with Crippen molar-refractivity contribution in [2.24, 2.45) is 5.92 Å². The van der Waals surface area contributed by atoms with Crippen LogP contribution >= 0.6 is 34.3 Å². The molecule has 0 unspecified atom stereocenters. The summed E-state index contributed by atoms with van der Waals surface area (Å²) in [4.78, 5) is 33.5. The molecular weight excluding hydrogens is 466 g/mol. The zero-order valence-electron chi connectivity index (χ0n) is 16.8. The van der Waals surface area contributed by atoms with E-state index in [1.807, 2.05) is 47.4 Å². The molecule has 0 bridgehead atoms. The van der Waals surface area contributed by atoms with E-state index in [1.54, 1.807) is 5.51 Å². The van der Waals surface area contributed by atoms with Crippen molar-refractivity contribution in [3.8, 4) is 10.6 Å². The molecule has 0 spiro atoms. The van der Waals surface area contributed by atoms with Crippen molar-refractivity contribution in [1.29, 1.82) is 0 Å². The van der Waals surface area contributed by atoms with Gasteiger partial charge < -0.3 is 10.2 Å². The lowest BCUT2D eigenvalue weighted by atomic mass is 9.95. The highest BCUT2D eigenvalue weighted by Crippen LogP contribution is 2.33. The fourth-order valence-corrected chi connectivity index (χ4v) is 5.33. The van der Waals surface area contributed by atoms with Crippen molar-refractivity contribution >= 4 is 62.1 Å². The molecule has 0 aliphatic carbocycles. The van der Waals surface area contributed by atoms with Crippen molar-refractivity contribution in [3.05, 3.63) is 57.9 Å². The number of halogens is 1. The van der Waals surface area contributed by atoms with Crippen LogP contribution in [0, 0.1) is 5.92 Å². The maximum atomic E-state index is 13.5. The van der Waals surface area contributed by atoms with Gasteiger partial charge in [0.1, 0.15) is 5.51 Å². The molecule has 1 saturated heterocycles. The quantitative estimate of drug-likeness (QED) is 0.443. The van der Waals surface area contributed by atoms with Gasteiger partial charge in [0.2, 0.25) is 11.0 Å². The Morgan fingerprint density at radius 1 is 1.12 bits per heavy atom. The Balaban J connectivity index is 1.36. The molecule has 1 aliphatic heterocycles.